The van der Waals surface area contributed by atoms with Crippen LogP contribution in [0.2, 0.25) is 0 Å². The fourth-order valence-electron chi connectivity index (χ4n) is 2.58. The molecule has 1 aliphatic heterocycles. The van der Waals surface area contributed by atoms with Gasteiger partial charge < -0.3 is 9.80 Å². The van der Waals surface area contributed by atoms with Gasteiger partial charge in [-0.15, -0.1) is 0 Å². The van der Waals surface area contributed by atoms with Crippen LogP contribution in [0.1, 0.15) is 25.3 Å². The third-order valence-corrected chi connectivity index (χ3v) is 4.43. The van der Waals surface area contributed by atoms with Gasteiger partial charge in [0.15, 0.2) is 0 Å². The third kappa shape index (κ3) is 3.04. The Morgan fingerprint density at radius 2 is 2.11 bits per heavy atom. The van der Waals surface area contributed by atoms with E-state index in [0.29, 0.717) is 6.04 Å². The number of aryl methyl sites for hydroxylation is 1. The molecule has 1 aromatic heterocycles. The van der Waals surface area contributed by atoms with Crippen LogP contribution in [-0.2, 0) is 0 Å². The van der Waals surface area contributed by atoms with Gasteiger partial charge in [0.25, 0.3) is 0 Å². The quantitative estimate of drug-likeness (QED) is 0.855. The lowest BCUT2D eigenvalue weighted by Crippen LogP contribution is -2.43. The number of hydrogen-bond acceptors (Lipinski definition) is 3. The highest BCUT2D eigenvalue weighted by molar-refractivity contribution is 9.10. The van der Waals surface area contributed by atoms with E-state index in [4.69, 9.17) is 0 Å². The number of likely N-dealkylation sites (tertiary alicyclic amines) is 1. The SMILES string of the molecule is CCN1CCC(N(C)c2ncc(C)cc2Br)CC1. The molecule has 0 atom stereocenters. The summed E-state index contributed by atoms with van der Waals surface area (Å²) in [6.45, 7) is 7.89. The second kappa shape index (κ2) is 6.02. The normalized spacial score (nSPS) is 18.0. The first-order chi connectivity index (χ1) is 8.61. The topological polar surface area (TPSA) is 19.4 Å². The first-order valence-corrected chi connectivity index (χ1v) is 7.48. The van der Waals surface area contributed by atoms with Gasteiger partial charge in [-0.1, -0.05) is 6.92 Å². The van der Waals surface area contributed by atoms with Crippen molar-refractivity contribution in [1.29, 1.82) is 0 Å². The van der Waals surface area contributed by atoms with Crippen LogP contribution in [0.4, 0.5) is 5.82 Å². The van der Waals surface area contributed by atoms with E-state index in [1.54, 1.807) is 0 Å². The van der Waals surface area contributed by atoms with Gasteiger partial charge in [0.1, 0.15) is 5.82 Å². The van der Waals surface area contributed by atoms with Crippen molar-refractivity contribution in [2.24, 2.45) is 0 Å². The Hall–Kier alpha value is -0.610. The van der Waals surface area contributed by atoms with Gasteiger partial charge in [-0.05, 0) is 53.9 Å². The predicted molar refractivity (Wildman–Crippen MR) is 80.2 cm³/mol. The predicted octanol–water partition coefficient (Wildman–Crippen LogP) is 3.07. The van der Waals surface area contributed by atoms with E-state index in [1.807, 2.05) is 6.20 Å². The van der Waals surface area contributed by atoms with Crippen molar-refractivity contribution in [1.82, 2.24) is 9.88 Å². The molecule has 0 bridgehead atoms. The molecule has 1 fully saturated rings. The van der Waals surface area contributed by atoms with Gasteiger partial charge in [-0.3, -0.25) is 0 Å². The molecule has 3 nitrogen and oxygen atoms in total. The number of halogens is 1. The molecule has 100 valence electrons. The Labute approximate surface area is 118 Å². The van der Waals surface area contributed by atoms with Crippen molar-refractivity contribution in [3.8, 4) is 0 Å². The zero-order valence-electron chi connectivity index (χ0n) is 11.5. The number of nitrogens with zero attached hydrogens (tertiary/aromatic N) is 3. The summed E-state index contributed by atoms with van der Waals surface area (Å²) >= 11 is 3.63. The molecule has 0 saturated carbocycles. The lowest BCUT2D eigenvalue weighted by atomic mass is 10.0. The summed E-state index contributed by atoms with van der Waals surface area (Å²) in [5, 5.41) is 0. The molecule has 0 aliphatic carbocycles. The lowest BCUT2D eigenvalue weighted by molar-refractivity contribution is 0.220. The molecule has 0 aromatic carbocycles. The maximum atomic E-state index is 4.56. The summed E-state index contributed by atoms with van der Waals surface area (Å²) in [6.07, 6.45) is 4.40. The smallest absolute Gasteiger partial charge is 0.142 e. The summed E-state index contributed by atoms with van der Waals surface area (Å²) < 4.78 is 1.10. The summed E-state index contributed by atoms with van der Waals surface area (Å²) in [4.78, 5) is 9.40. The number of hydrogen-bond donors (Lipinski definition) is 0. The van der Waals surface area contributed by atoms with Crippen LogP contribution in [-0.4, -0.2) is 42.6 Å². The molecule has 1 aliphatic rings. The molecule has 0 spiro atoms. The summed E-state index contributed by atoms with van der Waals surface area (Å²) in [6, 6.07) is 2.75. The molecular weight excluding hydrogens is 290 g/mol. The van der Waals surface area contributed by atoms with E-state index in [9.17, 15) is 0 Å². The number of anilines is 1. The average Bonchev–Trinajstić information content (AvgIpc) is 2.38. The molecular formula is C14H22BrN3. The highest BCUT2D eigenvalue weighted by Crippen LogP contribution is 2.27. The molecule has 1 saturated heterocycles. The van der Waals surface area contributed by atoms with Crippen LogP contribution in [0, 0.1) is 6.92 Å². The fraction of sp³-hybridized carbons (Fsp3) is 0.643. The molecule has 1 aromatic rings. The first kappa shape index (κ1) is 13.8. The van der Waals surface area contributed by atoms with Crippen molar-refractivity contribution in [2.75, 3.05) is 31.6 Å². The second-order valence-electron chi connectivity index (χ2n) is 5.09. The number of piperidine rings is 1. The largest absolute Gasteiger partial charge is 0.356 e. The minimum atomic E-state index is 0.610. The summed E-state index contributed by atoms with van der Waals surface area (Å²) in [5.74, 6) is 1.07. The van der Waals surface area contributed by atoms with Crippen molar-refractivity contribution in [3.05, 3.63) is 22.3 Å². The van der Waals surface area contributed by atoms with Gasteiger partial charge >= 0.3 is 0 Å². The van der Waals surface area contributed by atoms with Crippen molar-refractivity contribution < 1.29 is 0 Å². The molecule has 0 unspecified atom stereocenters. The second-order valence-corrected chi connectivity index (χ2v) is 5.95. The lowest BCUT2D eigenvalue weighted by Gasteiger charge is -2.37. The summed E-state index contributed by atoms with van der Waals surface area (Å²) in [5.41, 5.74) is 1.19. The molecule has 0 radical (unpaired) electrons. The minimum absolute atomic E-state index is 0.610. The van der Waals surface area contributed by atoms with Crippen LogP contribution < -0.4 is 4.90 Å². The maximum Gasteiger partial charge on any atom is 0.142 e. The van der Waals surface area contributed by atoms with E-state index in [-0.39, 0.29) is 0 Å². The fourth-order valence-corrected chi connectivity index (χ4v) is 3.32. The van der Waals surface area contributed by atoms with Gasteiger partial charge in [-0.2, -0.15) is 0 Å². The van der Waals surface area contributed by atoms with Crippen LogP contribution in [0.3, 0.4) is 0 Å². The monoisotopic (exact) mass is 311 g/mol. The van der Waals surface area contributed by atoms with Crippen LogP contribution in [0.25, 0.3) is 0 Å². The Bertz CT molecular complexity index is 400. The van der Waals surface area contributed by atoms with E-state index >= 15 is 0 Å². The Morgan fingerprint density at radius 3 is 2.67 bits per heavy atom. The van der Waals surface area contributed by atoms with Crippen molar-refractivity contribution in [2.45, 2.75) is 32.7 Å². The first-order valence-electron chi connectivity index (χ1n) is 6.69. The number of rotatable bonds is 3. The van der Waals surface area contributed by atoms with E-state index < -0.39 is 0 Å². The molecule has 2 rings (SSSR count). The van der Waals surface area contributed by atoms with Crippen LogP contribution >= 0.6 is 15.9 Å². The average molecular weight is 312 g/mol. The molecule has 4 heteroatoms. The Balaban J connectivity index is 2.05. The van der Waals surface area contributed by atoms with Crippen LogP contribution in [0.15, 0.2) is 16.7 Å². The van der Waals surface area contributed by atoms with Crippen molar-refractivity contribution >= 4 is 21.7 Å². The third-order valence-electron chi connectivity index (χ3n) is 3.84. The standard InChI is InChI=1S/C14H22BrN3/c1-4-18-7-5-12(6-8-18)17(3)14-13(15)9-11(2)10-16-14/h9-10,12H,4-8H2,1-3H3. The number of pyridine rings is 1. The zero-order chi connectivity index (χ0) is 13.1. The van der Waals surface area contributed by atoms with Crippen molar-refractivity contribution in [3.63, 3.8) is 0 Å². The molecule has 2 heterocycles. The Morgan fingerprint density at radius 1 is 1.44 bits per heavy atom. The van der Waals surface area contributed by atoms with Gasteiger partial charge in [0, 0.05) is 32.4 Å². The highest BCUT2D eigenvalue weighted by Gasteiger charge is 2.23. The van der Waals surface area contributed by atoms with E-state index in [1.165, 1.54) is 38.0 Å². The zero-order valence-corrected chi connectivity index (χ0v) is 13.1. The minimum Gasteiger partial charge on any atom is -0.356 e. The molecule has 0 amide bonds. The van der Waals surface area contributed by atoms with Gasteiger partial charge in [0.05, 0.1) is 4.47 Å². The van der Waals surface area contributed by atoms with Crippen LogP contribution in [0.5, 0.6) is 0 Å². The maximum absolute atomic E-state index is 4.56. The molecule has 18 heavy (non-hydrogen) atoms. The summed E-state index contributed by atoms with van der Waals surface area (Å²) in [7, 11) is 2.16. The highest BCUT2D eigenvalue weighted by atomic mass is 79.9. The Kier molecular flexibility index (Phi) is 4.62. The number of aromatic nitrogens is 1. The van der Waals surface area contributed by atoms with Gasteiger partial charge in [-0.25, -0.2) is 4.98 Å². The van der Waals surface area contributed by atoms with E-state index in [2.05, 4.69) is 57.7 Å². The van der Waals surface area contributed by atoms with E-state index in [0.717, 1.165) is 10.3 Å². The molecule has 0 N–H and O–H groups in total. The van der Waals surface area contributed by atoms with Gasteiger partial charge in [0.2, 0.25) is 0 Å².